The van der Waals surface area contributed by atoms with Gasteiger partial charge in [-0.25, -0.2) is 0 Å². The van der Waals surface area contributed by atoms with Crippen LogP contribution in [-0.4, -0.2) is 36.3 Å². The van der Waals surface area contributed by atoms with Gasteiger partial charge >= 0.3 is 5.97 Å². The number of aryl methyl sites for hydroxylation is 3. The van der Waals surface area contributed by atoms with Gasteiger partial charge in [-0.1, -0.05) is 18.2 Å². The number of hydrogen-bond acceptors (Lipinski definition) is 6. The van der Waals surface area contributed by atoms with Gasteiger partial charge in [-0.2, -0.15) is 4.80 Å². The Morgan fingerprint density at radius 2 is 1.91 bits per heavy atom. The average molecular weight is 456 g/mol. The highest BCUT2D eigenvalue weighted by atomic mass is 16.5. The van der Waals surface area contributed by atoms with Gasteiger partial charge in [0.1, 0.15) is 12.4 Å². The smallest absolute Gasteiger partial charge is 0.307 e. The summed E-state index contributed by atoms with van der Waals surface area (Å²) < 4.78 is 5.95. The van der Waals surface area contributed by atoms with E-state index in [1.54, 1.807) is 13.2 Å². The molecule has 5 rings (SSSR count). The number of nitrogens with zero attached hydrogens (tertiary/aromatic N) is 5. The standard InChI is InChI=1S/C26H25N5O3/c1-15-9-19(25-28-30-31(3)29-25)10-16(2)24(15)18-6-4-5-17(11-18)14-34-20-7-8-23(27-13-20)21-12-22(21)26(32)33/h4-11,13,21-22H,12,14H2,1-3H3,(H,32,33)/t21-,22-/m0/s1. The quantitative estimate of drug-likeness (QED) is 0.443. The molecule has 4 aromatic rings. The number of rotatable bonds is 7. The Labute approximate surface area is 197 Å². The number of hydrogen-bond donors (Lipinski definition) is 1. The molecule has 1 aliphatic carbocycles. The summed E-state index contributed by atoms with van der Waals surface area (Å²) in [6.45, 7) is 4.59. The molecule has 0 bridgehead atoms. The van der Waals surface area contributed by atoms with Gasteiger partial charge in [0.15, 0.2) is 0 Å². The van der Waals surface area contributed by atoms with Crippen molar-refractivity contribution in [3.8, 4) is 28.3 Å². The van der Waals surface area contributed by atoms with Crippen molar-refractivity contribution >= 4 is 5.97 Å². The summed E-state index contributed by atoms with van der Waals surface area (Å²) in [6, 6.07) is 16.2. The third-order valence-electron chi connectivity index (χ3n) is 6.17. The SMILES string of the molecule is Cc1cc(-c2nnn(C)n2)cc(C)c1-c1cccc(COc2ccc([C@H]3C[C@@H]3C(=O)O)nc2)c1. The van der Waals surface area contributed by atoms with Gasteiger partial charge in [0, 0.05) is 17.2 Å². The fourth-order valence-electron chi connectivity index (χ4n) is 4.42. The molecule has 34 heavy (non-hydrogen) atoms. The monoisotopic (exact) mass is 455 g/mol. The number of aliphatic carboxylic acids is 1. The van der Waals surface area contributed by atoms with E-state index < -0.39 is 5.97 Å². The Morgan fingerprint density at radius 3 is 2.53 bits per heavy atom. The van der Waals surface area contributed by atoms with Crippen molar-refractivity contribution in [3.05, 3.63) is 77.1 Å². The molecule has 172 valence electrons. The van der Waals surface area contributed by atoms with Gasteiger partial charge in [-0.3, -0.25) is 9.78 Å². The van der Waals surface area contributed by atoms with Crippen LogP contribution in [0.1, 0.15) is 34.7 Å². The Hall–Kier alpha value is -4.07. The van der Waals surface area contributed by atoms with Gasteiger partial charge in [0.2, 0.25) is 5.82 Å². The maximum absolute atomic E-state index is 11.1. The number of carboxylic acid groups (broad SMARTS) is 1. The largest absolute Gasteiger partial charge is 0.487 e. The van der Waals surface area contributed by atoms with Crippen LogP contribution in [0.15, 0.2) is 54.7 Å². The first-order valence-electron chi connectivity index (χ1n) is 11.2. The molecule has 8 heteroatoms. The highest BCUT2D eigenvalue weighted by Gasteiger charge is 2.45. The number of aromatic nitrogens is 5. The Balaban J connectivity index is 1.30. The van der Waals surface area contributed by atoms with Crippen molar-refractivity contribution in [1.29, 1.82) is 0 Å². The van der Waals surface area contributed by atoms with Crippen molar-refractivity contribution in [2.24, 2.45) is 13.0 Å². The van der Waals surface area contributed by atoms with Crippen molar-refractivity contribution in [2.45, 2.75) is 32.8 Å². The minimum Gasteiger partial charge on any atom is -0.487 e. The summed E-state index contributed by atoms with van der Waals surface area (Å²) in [6.07, 6.45) is 2.33. The zero-order valence-electron chi connectivity index (χ0n) is 19.3. The molecule has 1 N–H and O–H groups in total. The first kappa shape index (κ1) is 21.8. The van der Waals surface area contributed by atoms with E-state index in [0.29, 0.717) is 24.6 Å². The third kappa shape index (κ3) is 4.39. The van der Waals surface area contributed by atoms with Crippen molar-refractivity contribution in [3.63, 3.8) is 0 Å². The number of tetrazole rings is 1. The maximum Gasteiger partial charge on any atom is 0.307 e. The highest BCUT2D eigenvalue weighted by Crippen LogP contribution is 2.46. The van der Waals surface area contributed by atoms with Crippen LogP contribution >= 0.6 is 0 Å². The summed E-state index contributed by atoms with van der Waals surface area (Å²) in [5.41, 5.74) is 7.39. The van der Waals surface area contributed by atoms with E-state index in [1.165, 1.54) is 10.4 Å². The molecule has 2 heterocycles. The van der Waals surface area contributed by atoms with E-state index in [4.69, 9.17) is 9.84 Å². The predicted molar refractivity (Wildman–Crippen MR) is 126 cm³/mol. The van der Waals surface area contributed by atoms with Crippen LogP contribution in [0.4, 0.5) is 0 Å². The highest BCUT2D eigenvalue weighted by molar-refractivity contribution is 5.76. The normalized spacial score (nSPS) is 16.9. The molecule has 8 nitrogen and oxygen atoms in total. The van der Waals surface area contributed by atoms with Gasteiger partial charge in [-0.05, 0) is 83.6 Å². The summed E-state index contributed by atoms with van der Waals surface area (Å²) in [4.78, 5) is 16.9. The molecule has 2 atom stereocenters. The zero-order chi connectivity index (χ0) is 23.8. The van der Waals surface area contributed by atoms with Crippen LogP contribution in [0.5, 0.6) is 5.75 Å². The number of ether oxygens (including phenoxy) is 1. The Morgan fingerprint density at radius 1 is 1.12 bits per heavy atom. The molecular weight excluding hydrogens is 430 g/mol. The van der Waals surface area contributed by atoms with E-state index in [-0.39, 0.29) is 11.8 Å². The van der Waals surface area contributed by atoms with Crippen LogP contribution in [-0.2, 0) is 18.4 Å². The second-order valence-electron chi connectivity index (χ2n) is 8.78. The Kier molecular flexibility index (Phi) is 5.57. The number of pyridine rings is 1. The lowest BCUT2D eigenvalue weighted by Gasteiger charge is -2.13. The molecule has 0 saturated heterocycles. The fourth-order valence-corrected chi connectivity index (χ4v) is 4.42. The molecule has 2 aromatic carbocycles. The lowest BCUT2D eigenvalue weighted by molar-refractivity contribution is -0.138. The Bertz CT molecular complexity index is 1340. The number of benzene rings is 2. The minimum atomic E-state index is -0.752. The summed E-state index contributed by atoms with van der Waals surface area (Å²) >= 11 is 0. The maximum atomic E-state index is 11.1. The lowest BCUT2D eigenvalue weighted by atomic mass is 9.92. The second kappa shape index (κ2) is 8.70. The van der Waals surface area contributed by atoms with Crippen molar-refractivity contribution in [1.82, 2.24) is 25.2 Å². The van der Waals surface area contributed by atoms with Crippen molar-refractivity contribution < 1.29 is 14.6 Å². The van der Waals surface area contributed by atoms with Crippen LogP contribution in [0.2, 0.25) is 0 Å². The van der Waals surface area contributed by atoms with E-state index in [0.717, 1.165) is 33.5 Å². The average Bonchev–Trinajstić information content (AvgIpc) is 3.51. The molecule has 0 spiro atoms. The van der Waals surface area contributed by atoms with Gasteiger partial charge in [-0.15, -0.1) is 10.2 Å². The molecule has 1 saturated carbocycles. The van der Waals surface area contributed by atoms with E-state index in [9.17, 15) is 4.79 Å². The summed E-state index contributed by atoms with van der Waals surface area (Å²) in [7, 11) is 1.75. The molecule has 0 aliphatic heterocycles. The third-order valence-corrected chi connectivity index (χ3v) is 6.17. The fraction of sp³-hybridized carbons (Fsp3) is 0.269. The van der Waals surface area contributed by atoms with E-state index in [1.807, 2.05) is 24.3 Å². The molecule has 1 aliphatic rings. The molecule has 2 aromatic heterocycles. The summed E-state index contributed by atoms with van der Waals surface area (Å²) in [5, 5.41) is 21.5. The first-order valence-corrected chi connectivity index (χ1v) is 11.2. The van der Waals surface area contributed by atoms with Gasteiger partial charge in [0.05, 0.1) is 19.2 Å². The molecule has 0 unspecified atom stereocenters. The first-order chi connectivity index (χ1) is 16.4. The van der Waals surface area contributed by atoms with E-state index >= 15 is 0 Å². The van der Waals surface area contributed by atoms with E-state index in [2.05, 4.69) is 58.5 Å². The number of carbonyl (C=O) groups is 1. The minimum absolute atomic E-state index is 0.0193. The van der Waals surface area contributed by atoms with Gasteiger partial charge < -0.3 is 9.84 Å². The van der Waals surface area contributed by atoms with Crippen LogP contribution < -0.4 is 4.74 Å². The molecular formula is C26H25N5O3. The van der Waals surface area contributed by atoms with Gasteiger partial charge in [0.25, 0.3) is 0 Å². The molecule has 1 fully saturated rings. The lowest BCUT2D eigenvalue weighted by Crippen LogP contribution is -2.00. The van der Waals surface area contributed by atoms with Crippen LogP contribution in [0.3, 0.4) is 0 Å². The molecule has 0 amide bonds. The zero-order valence-corrected chi connectivity index (χ0v) is 19.3. The predicted octanol–water partition coefficient (Wildman–Crippen LogP) is 4.32. The van der Waals surface area contributed by atoms with Crippen LogP contribution in [0.25, 0.3) is 22.5 Å². The number of carboxylic acids is 1. The summed E-state index contributed by atoms with van der Waals surface area (Å²) in [5.74, 6) is 0.236. The second-order valence-corrected chi connectivity index (χ2v) is 8.78. The van der Waals surface area contributed by atoms with Crippen molar-refractivity contribution in [2.75, 3.05) is 0 Å². The molecule has 0 radical (unpaired) electrons. The topological polar surface area (TPSA) is 103 Å². The van der Waals surface area contributed by atoms with Crippen LogP contribution in [0, 0.1) is 19.8 Å².